The SMILES string of the molecule is C[C@@H]1CN(c2ncnc3c2c(-c2ccccc2)cn3-c2cc(C#N)ccn2)CCN1. The molecule has 0 aliphatic carbocycles. The molecule has 3 aromatic heterocycles. The van der Waals surface area contributed by atoms with Crippen molar-refractivity contribution in [3.05, 3.63) is 66.7 Å². The minimum Gasteiger partial charge on any atom is -0.353 e. The molecule has 1 aromatic carbocycles. The van der Waals surface area contributed by atoms with Gasteiger partial charge in [-0.2, -0.15) is 5.26 Å². The summed E-state index contributed by atoms with van der Waals surface area (Å²) in [5.74, 6) is 1.60. The Morgan fingerprint density at radius 2 is 2.00 bits per heavy atom. The van der Waals surface area contributed by atoms with Crippen LogP contribution in [0, 0.1) is 11.3 Å². The molecular formula is C23H21N7. The predicted molar refractivity (Wildman–Crippen MR) is 116 cm³/mol. The summed E-state index contributed by atoms with van der Waals surface area (Å²) in [5.41, 5.74) is 3.49. The molecule has 4 heterocycles. The number of nitrogens with zero attached hydrogens (tertiary/aromatic N) is 6. The van der Waals surface area contributed by atoms with Crippen molar-refractivity contribution in [1.82, 2.24) is 24.8 Å². The molecule has 1 atom stereocenters. The number of hydrogen-bond acceptors (Lipinski definition) is 6. The molecule has 30 heavy (non-hydrogen) atoms. The molecule has 0 bridgehead atoms. The van der Waals surface area contributed by atoms with Gasteiger partial charge < -0.3 is 10.2 Å². The molecular weight excluding hydrogens is 374 g/mol. The van der Waals surface area contributed by atoms with Gasteiger partial charge in [-0.1, -0.05) is 30.3 Å². The summed E-state index contributed by atoms with van der Waals surface area (Å²) in [5, 5.41) is 13.8. The van der Waals surface area contributed by atoms with Crippen LogP contribution in [0.3, 0.4) is 0 Å². The number of rotatable bonds is 3. The maximum absolute atomic E-state index is 9.32. The van der Waals surface area contributed by atoms with Crippen LogP contribution in [0.4, 0.5) is 5.82 Å². The molecule has 0 amide bonds. The van der Waals surface area contributed by atoms with Crippen LogP contribution in [-0.4, -0.2) is 45.2 Å². The van der Waals surface area contributed by atoms with Crippen LogP contribution in [0.25, 0.3) is 28.0 Å². The molecule has 0 unspecified atom stereocenters. The lowest BCUT2D eigenvalue weighted by atomic mass is 10.1. The van der Waals surface area contributed by atoms with Gasteiger partial charge >= 0.3 is 0 Å². The molecule has 1 N–H and O–H groups in total. The van der Waals surface area contributed by atoms with E-state index in [1.54, 1.807) is 24.7 Å². The largest absolute Gasteiger partial charge is 0.353 e. The fourth-order valence-corrected chi connectivity index (χ4v) is 4.04. The average molecular weight is 395 g/mol. The van der Waals surface area contributed by atoms with E-state index >= 15 is 0 Å². The molecule has 1 aliphatic heterocycles. The highest BCUT2D eigenvalue weighted by Crippen LogP contribution is 2.36. The van der Waals surface area contributed by atoms with E-state index in [9.17, 15) is 5.26 Å². The highest BCUT2D eigenvalue weighted by atomic mass is 15.3. The van der Waals surface area contributed by atoms with Crippen LogP contribution in [0.1, 0.15) is 12.5 Å². The predicted octanol–water partition coefficient (Wildman–Crippen LogP) is 3.15. The number of aromatic nitrogens is 4. The molecule has 0 saturated carbocycles. The summed E-state index contributed by atoms with van der Waals surface area (Å²) >= 11 is 0. The summed E-state index contributed by atoms with van der Waals surface area (Å²) in [6.07, 6.45) is 5.32. The lowest BCUT2D eigenvalue weighted by molar-refractivity contribution is 0.483. The van der Waals surface area contributed by atoms with Gasteiger partial charge in [0, 0.05) is 43.6 Å². The molecule has 0 radical (unpaired) electrons. The van der Waals surface area contributed by atoms with Gasteiger partial charge in [-0.05, 0) is 24.6 Å². The van der Waals surface area contributed by atoms with Crippen molar-refractivity contribution < 1.29 is 0 Å². The zero-order valence-corrected chi connectivity index (χ0v) is 16.7. The van der Waals surface area contributed by atoms with E-state index in [0.29, 0.717) is 17.4 Å². The smallest absolute Gasteiger partial charge is 0.151 e. The highest BCUT2D eigenvalue weighted by molar-refractivity contribution is 6.02. The van der Waals surface area contributed by atoms with Crippen molar-refractivity contribution in [2.24, 2.45) is 0 Å². The van der Waals surface area contributed by atoms with Gasteiger partial charge in [0.05, 0.1) is 17.0 Å². The number of hydrogen-bond donors (Lipinski definition) is 1. The van der Waals surface area contributed by atoms with Crippen LogP contribution in [-0.2, 0) is 0 Å². The highest BCUT2D eigenvalue weighted by Gasteiger charge is 2.24. The summed E-state index contributed by atoms with van der Waals surface area (Å²) < 4.78 is 1.95. The Hall–Kier alpha value is -3.76. The van der Waals surface area contributed by atoms with Crippen LogP contribution in [0.15, 0.2) is 61.2 Å². The Kier molecular flexibility index (Phi) is 4.62. The van der Waals surface area contributed by atoms with E-state index < -0.39 is 0 Å². The third kappa shape index (κ3) is 3.17. The Morgan fingerprint density at radius 1 is 1.13 bits per heavy atom. The normalized spacial score (nSPS) is 16.5. The Morgan fingerprint density at radius 3 is 2.80 bits per heavy atom. The molecule has 1 saturated heterocycles. The first-order valence-electron chi connectivity index (χ1n) is 10.0. The van der Waals surface area contributed by atoms with Gasteiger partial charge in [-0.25, -0.2) is 15.0 Å². The fourth-order valence-electron chi connectivity index (χ4n) is 4.04. The number of piperazine rings is 1. The first-order valence-corrected chi connectivity index (χ1v) is 10.0. The van der Waals surface area contributed by atoms with Crippen LogP contribution in [0.2, 0.25) is 0 Å². The quantitative estimate of drug-likeness (QED) is 0.574. The van der Waals surface area contributed by atoms with E-state index in [0.717, 1.165) is 47.6 Å². The van der Waals surface area contributed by atoms with Gasteiger partial charge in [-0.3, -0.25) is 4.57 Å². The van der Waals surface area contributed by atoms with Gasteiger partial charge in [0.15, 0.2) is 5.65 Å². The van der Waals surface area contributed by atoms with Crippen molar-refractivity contribution >= 4 is 16.9 Å². The zero-order valence-electron chi connectivity index (χ0n) is 16.7. The van der Waals surface area contributed by atoms with Crippen LogP contribution >= 0.6 is 0 Å². The number of nitriles is 1. The van der Waals surface area contributed by atoms with Gasteiger partial charge in [0.2, 0.25) is 0 Å². The monoisotopic (exact) mass is 395 g/mol. The maximum atomic E-state index is 9.32. The van der Waals surface area contributed by atoms with Crippen molar-refractivity contribution in [2.75, 3.05) is 24.5 Å². The van der Waals surface area contributed by atoms with E-state index in [2.05, 4.69) is 45.3 Å². The summed E-state index contributed by atoms with van der Waals surface area (Å²) in [6, 6.07) is 16.3. The summed E-state index contributed by atoms with van der Waals surface area (Å²) in [6.45, 7) is 4.87. The van der Waals surface area contributed by atoms with Crippen LogP contribution < -0.4 is 10.2 Å². The maximum Gasteiger partial charge on any atom is 0.151 e. The van der Waals surface area contributed by atoms with E-state index in [-0.39, 0.29) is 0 Å². The Balaban J connectivity index is 1.77. The third-order valence-corrected chi connectivity index (χ3v) is 5.44. The van der Waals surface area contributed by atoms with Gasteiger partial charge in [-0.15, -0.1) is 0 Å². The number of pyridine rings is 1. The molecule has 1 aliphatic rings. The number of fused-ring (bicyclic) bond motifs is 1. The second kappa shape index (κ2) is 7.58. The Bertz CT molecular complexity index is 1240. The second-order valence-corrected chi connectivity index (χ2v) is 7.49. The minimum atomic E-state index is 0.389. The molecule has 5 rings (SSSR count). The fraction of sp³-hybridized carbons (Fsp3) is 0.217. The first-order chi connectivity index (χ1) is 14.7. The van der Waals surface area contributed by atoms with Crippen molar-refractivity contribution in [3.63, 3.8) is 0 Å². The standard InChI is InChI=1S/C23H21N7/c1-16-13-29(10-9-25-16)22-21-19(18-5-3-2-4-6-18)14-30(23(21)28-15-27-22)20-11-17(12-24)7-8-26-20/h2-8,11,14-16,25H,9-10,13H2,1H3/t16-/m1/s1. The van der Waals surface area contributed by atoms with E-state index in [1.807, 2.05) is 29.0 Å². The molecule has 0 spiro atoms. The topological polar surface area (TPSA) is 82.7 Å². The van der Waals surface area contributed by atoms with Crippen molar-refractivity contribution in [2.45, 2.75) is 13.0 Å². The van der Waals surface area contributed by atoms with E-state index in [1.165, 1.54) is 0 Å². The van der Waals surface area contributed by atoms with Gasteiger partial charge in [0.25, 0.3) is 0 Å². The third-order valence-electron chi connectivity index (χ3n) is 5.44. The molecule has 148 valence electrons. The van der Waals surface area contributed by atoms with E-state index in [4.69, 9.17) is 4.98 Å². The average Bonchev–Trinajstić information content (AvgIpc) is 3.20. The summed E-state index contributed by atoms with van der Waals surface area (Å²) in [4.78, 5) is 16.1. The first kappa shape index (κ1) is 18.3. The number of anilines is 1. The lowest BCUT2D eigenvalue weighted by Crippen LogP contribution is -2.49. The molecule has 7 nitrogen and oxygen atoms in total. The van der Waals surface area contributed by atoms with Gasteiger partial charge in [0.1, 0.15) is 18.0 Å². The van der Waals surface area contributed by atoms with Crippen molar-refractivity contribution in [1.29, 1.82) is 5.26 Å². The molecule has 1 fully saturated rings. The molecule has 7 heteroatoms. The Labute approximate surface area is 174 Å². The second-order valence-electron chi connectivity index (χ2n) is 7.49. The number of benzene rings is 1. The zero-order chi connectivity index (χ0) is 20.5. The minimum absolute atomic E-state index is 0.389. The lowest BCUT2D eigenvalue weighted by Gasteiger charge is -2.33. The summed E-state index contributed by atoms with van der Waals surface area (Å²) in [7, 11) is 0. The van der Waals surface area contributed by atoms with Crippen molar-refractivity contribution in [3.8, 4) is 23.0 Å². The molecule has 4 aromatic rings. The van der Waals surface area contributed by atoms with Crippen LogP contribution in [0.5, 0.6) is 0 Å². The number of nitrogens with one attached hydrogen (secondary N) is 1.